The molecule has 2 rings (SSSR count). The minimum Gasteiger partial charge on any atom is -0.406 e. The fourth-order valence-electron chi connectivity index (χ4n) is 2.08. The molecule has 1 aromatic carbocycles. The lowest BCUT2D eigenvalue weighted by Gasteiger charge is -2.09. The number of aliphatic imine (C=N–C) groups is 1. The van der Waals surface area contributed by atoms with Gasteiger partial charge < -0.3 is 21.1 Å². The smallest absolute Gasteiger partial charge is 0.406 e. The number of nitrogens with two attached hydrogens (primary N) is 1. The number of alkyl halides is 3. The number of rotatable bonds is 7. The number of hydrogen-bond acceptors (Lipinski definition) is 4. The number of benzene rings is 1. The number of anilines is 1. The quantitative estimate of drug-likeness (QED) is 0.294. The standard InChI is InChI=1S/C18H20F3N5O2.HI/c1-12-2-7-15(24-10-12)26-16(27)8-9-23-17(22)25-11-13-3-5-14(6-4-13)28-18(19,20)21;/h2-7,10H,8-9,11H2,1H3,(H3,22,23,25)(H,24,26,27);1H. The van der Waals surface area contributed by atoms with E-state index >= 15 is 0 Å². The number of pyridine rings is 1. The Morgan fingerprint density at radius 2 is 1.90 bits per heavy atom. The van der Waals surface area contributed by atoms with E-state index < -0.39 is 6.36 Å². The summed E-state index contributed by atoms with van der Waals surface area (Å²) in [5.74, 6) is 0.0596. The molecule has 0 unspecified atom stereocenters. The van der Waals surface area contributed by atoms with Crippen LogP contribution in [0.15, 0.2) is 47.6 Å². The number of carbonyl (C=O) groups is 1. The van der Waals surface area contributed by atoms with Gasteiger partial charge in [-0.3, -0.25) is 4.79 Å². The Morgan fingerprint density at radius 1 is 1.21 bits per heavy atom. The number of nitrogens with one attached hydrogen (secondary N) is 2. The number of halogens is 4. The molecule has 1 aromatic heterocycles. The number of amides is 1. The average molecular weight is 523 g/mol. The Kier molecular flexibility index (Phi) is 9.65. The Balaban J connectivity index is 0.00000420. The number of carbonyl (C=O) groups excluding carboxylic acids is 1. The topological polar surface area (TPSA) is 102 Å². The van der Waals surface area contributed by atoms with Crippen LogP contribution < -0.4 is 21.1 Å². The second-order valence-electron chi connectivity index (χ2n) is 5.84. The Morgan fingerprint density at radius 3 is 2.48 bits per heavy atom. The molecule has 1 amide bonds. The third-order valence-electron chi connectivity index (χ3n) is 3.43. The van der Waals surface area contributed by atoms with Crippen LogP contribution in [0.5, 0.6) is 5.75 Å². The van der Waals surface area contributed by atoms with Crippen LogP contribution in [-0.2, 0) is 11.3 Å². The highest BCUT2D eigenvalue weighted by Gasteiger charge is 2.30. The third-order valence-corrected chi connectivity index (χ3v) is 3.43. The molecule has 2 aromatic rings. The second-order valence-corrected chi connectivity index (χ2v) is 5.84. The van der Waals surface area contributed by atoms with Gasteiger partial charge in [-0.05, 0) is 36.2 Å². The van der Waals surface area contributed by atoms with Crippen LogP contribution in [0.3, 0.4) is 0 Å². The van der Waals surface area contributed by atoms with E-state index in [1.165, 1.54) is 24.3 Å². The largest absolute Gasteiger partial charge is 0.573 e. The number of hydrogen-bond donors (Lipinski definition) is 3. The van der Waals surface area contributed by atoms with Crippen molar-refractivity contribution in [1.29, 1.82) is 0 Å². The lowest BCUT2D eigenvalue weighted by Crippen LogP contribution is -2.34. The highest BCUT2D eigenvalue weighted by molar-refractivity contribution is 14.0. The van der Waals surface area contributed by atoms with E-state index in [9.17, 15) is 18.0 Å². The first-order valence-corrected chi connectivity index (χ1v) is 8.32. The molecule has 0 saturated carbocycles. The van der Waals surface area contributed by atoms with Gasteiger partial charge >= 0.3 is 6.36 Å². The predicted octanol–water partition coefficient (Wildman–Crippen LogP) is 3.34. The summed E-state index contributed by atoms with van der Waals surface area (Å²) in [5, 5.41) is 5.45. The number of aromatic nitrogens is 1. The molecule has 11 heteroatoms. The maximum Gasteiger partial charge on any atom is 0.573 e. The molecule has 7 nitrogen and oxygen atoms in total. The molecular weight excluding hydrogens is 502 g/mol. The van der Waals surface area contributed by atoms with Gasteiger partial charge in [0.1, 0.15) is 11.6 Å². The van der Waals surface area contributed by atoms with Gasteiger partial charge in [-0.2, -0.15) is 0 Å². The zero-order valence-electron chi connectivity index (χ0n) is 15.5. The summed E-state index contributed by atoms with van der Waals surface area (Å²) in [4.78, 5) is 20.0. The summed E-state index contributed by atoms with van der Waals surface area (Å²) >= 11 is 0. The maximum absolute atomic E-state index is 12.1. The molecule has 0 spiro atoms. The molecule has 0 aliphatic heterocycles. The van der Waals surface area contributed by atoms with Crippen molar-refractivity contribution in [2.75, 3.05) is 11.9 Å². The van der Waals surface area contributed by atoms with Crippen LogP contribution in [0.25, 0.3) is 0 Å². The second kappa shape index (κ2) is 11.4. The molecule has 0 saturated heterocycles. The number of ether oxygens (including phenoxy) is 1. The van der Waals surface area contributed by atoms with Crippen molar-refractivity contribution in [3.63, 3.8) is 0 Å². The molecule has 4 N–H and O–H groups in total. The monoisotopic (exact) mass is 523 g/mol. The number of guanidine groups is 1. The summed E-state index contributed by atoms with van der Waals surface area (Å²) < 4.78 is 40.1. The summed E-state index contributed by atoms with van der Waals surface area (Å²) in [5.41, 5.74) is 7.36. The van der Waals surface area contributed by atoms with Crippen LogP contribution >= 0.6 is 24.0 Å². The van der Waals surface area contributed by atoms with Crippen molar-refractivity contribution in [1.82, 2.24) is 10.3 Å². The van der Waals surface area contributed by atoms with E-state index in [1.54, 1.807) is 12.3 Å². The minimum atomic E-state index is -4.73. The van der Waals surface area contributed by atoms with Gasteiger partial charge in [0.2, 0.25) is 5.91 Å². The first-order chi connectivity index (χ1) is 13.2. The number of nitrogens with zero attached hydrogens (tertiary/aromatic N) is 2. The van der Waals surface area contributed by atoms with Crippen LogP contribution in [0.4, 0.5) is 19.0 Å². The fourth-order valence-corrected chi connectivity index (χ4v) is 2.08. The van der Waals surface area contributed by atoms with E-state index in [-0.39, 0.29) is 61.1 Å². The molecule has 0 fully saturated rings. The highest BCUT2D eigenvalue weighted by atomic mass is 127. The molecular formula is C18H21F3IN5O2. The van der Waals surface area contributed by atoms with Crippen LogP contribution in [0.1, 0.15) is 17.5 Å². The molecule has 29 heavy (non-hydrogen) atoms. The molecule has 0 radical (unpaired) electrons. The predicted molar refractivity (Wildman–Crippen MR) is 114 cm³/mol. The van der Waals surface area contributed by atoms with Crippen molar-refractivity contribution >= 4 is 41.7 Å². The zero-order valence-corrected chi connectivity index (χ0v) is 17.8. The first-order valence-electron chi connectivity index (χ1n) is 8.32. The van der Waals surface area contributed by atoms with Gasteiger partial charge in [0.15, 0.2) is 5.96 Å². The fraction of sp³-hybridized carbons (Fsp3) is 0.278. The van der Waals surface area contributed by atoms with Crippen LogP contribution in [-0.4, -0.2) is 29.8 Å². The minimum absolute atomic E-state index is 0. The van der Waals surface area contributed by atoms with Gasteiger partial charge in [-0.15, -0.1) is 37.1 Å². The third kappa shape index (κ3) is 9.96. The van der Waals surface area contributed by atoms with Crippen molar-refractivity contribution in [3.8, 4) is 5.75 Å². The van der Waals surface area contributed by atoms with Gasteiger partial charge in [-0.25, -0.2) is 9.98 Å². The Bertz CT molecular complexity index is 812. The molecule has 158 valence electrons. The zero-order chi connectivity index (χ0) is 20.6. The summed E-state index contributed by atoms with van der Waals surface area (Å²) in [6.07, 6.45) is -2.91. The lowest BCUT2D eigenvalue weighted by molar-refractivity contribution is -0.274. The lowest BCUT2D eigenvalue weighted by atomic mass is 10.2. The van der Waals surface area contributed by atoms with E-state index in [0.29, 0.717) is 11.4 Å². The van der Waals surface area contributed by atoms with Crippen molar-refractivity contribution in [3.05, 3.63) is 53.7 Å². The molecule has 0 aliphatic rings. The van der Waals surface area contributed by atoms with E-state index in [2.05, 4.69) is 25.3 Å². The SMILES string of the molecule is Cc1ccc(NC(=O)CCNC(N)=NCc2ccc(OC(F)(F)F)cc2)nc1.I. The Labute approximate surface area is 183 Å². The average Bonchev–Trinajstić information content (AvgIpc) is 2.62. The molecule has 0 atom stereocenters. The molecule has 1 heterocycles. The van der Waals surface area contributed by atoms with E-state index in [0.717, 1.165) is 5.56 Å². The van der Waals surface area contributed by atoms with E-state index in [1.807, 2.05) is 13.0 Å². The van der Waals surface area contributed by atoms with Crippen molar-refractivity contribution < 1.29 is 22.7 Å². The molecule has 0 bridgehead atoms. The van der Waals surface area contributed by atoms with Gasteiger partial charge in [0, 0.05) is 19.2 Å². The highest BCUT2D eigenvalue weighted by Crippen LogP contribution is 2.22. The van der Waals surface area contributed by atoms with Crippen molar-refractivity contribution in [2.24, 2.45) is 10.7 Å². The maximum atomic E-state index is 12.1. The van der Waals surface area contributed by atoms with Gasteiger partial charge in [0.25, 0.3) is 0 Å². The van der Waals surface area contributed by atoms with Gasteiger partial charge in [0.05, 0.1) is 6.54 Å². The summed E-state index contributed by atoms with van der Waals surface area (Å²) in [6.45, 7) is 2.34. The van der Waals surface area contributed by atoms with Crippen molar-refractivity contribution in [2.45, 2.75) is 26.3 Å². The number of aryl methyl sites for hydroxylation is 1. The Hall–Kier alpha value is -2.57. The normalized spacial score (nSPS) is 11.4. The summed E-state index contributed by atoms with van der Waals surface area (Å²) in [6, 6.07) is 8.87. The summed E-state index contributed by atoms with van der Waals surface area (Å²) in [7, 11) is 0. The van der Waals surface area contributed by atoms with E-state index in [4.69, 9.17) is 5.73 Å². The molecule has 0 aliphatic carbocycles. The first kappa shape index (κ1) is 24.5. The van der Waals surface area contributed by atoms with Crippen LogP contribution in [0.2, 0.25) is 0 Å². The van der Waals surface area contributed by atoms with Gasteiger partial charge in [-0.1, -0.05) is 18.2 Å². The van der Waals surface area contributed by atoms with Crippen LogP contribution in [0, 0.1) is 6.92 Å².